The highest BCUT2D eigenvalue weighted by molar-refractivity contribution is 5.84. The molecule has 0 radical (unpaired) electrons. The summed E-state index contributed by atoms with van der Waals surface area (Å²) in [5.74, 6) is -0.872. The lowest BCUT2D eigenvalue weighted by Crippen LogP contribution is -2.46. The molecule has 0 heterocycles. The molecule has 1 aromatic carbocycles. The second-order valence-electron chi connectivity index (χ2n) is 4.98. The van der Waals surface area contributed by atoms with E-state index in [0.717, 1.165) is 5.75 Å². The number of hydrogen-bond acceptors (Lipinski definition) is 4. The van der Waals surface area contributed by atoms with Crippen LogP contribution in [-0.2, 0) is 14.3 Å². The SMILES string of the molecule is CCC(C)C(NC(=O)COCCOc1ccccc1)C(=O)O. The second kappa shape index (κ2) is 9.78. The number of benzene rings is 1. The Balaban J connectivity index is 2.21. The minimum Gasteiger partial charge on any atom is -0.491 e. The van der Waals surface area contributed by atoms with Crippen molar-refractivity contribution in [3.63, 3.8) is 0 Å². The number of rotatable bonds is 10. The Bertz CT molecular complexity index is 463. The number of carbonyl (C=O) groups is 2. The first-order valence-electron chi connectivity index (χ1n) is 7.32. The Hall–Kier alpha value is -2.08. The van der Waals surface area contributed by atoms with Crippen molar-refractivity contribution in [3.05, 3.63) is 30.3 Å². The third kappa shape index (κ3) is 6.58. The Kier molecular flexibility index (Phi) is 7.99. The van der Waals surface area contributed by atoms with Crippen LogP contribution in [0.15, 0.2) is 30.3 Å². The molecule has 1 aromatic rings. The molecule has 0 saturated carbocycles. The maximum Gasteiger partial charge on any atom is 0.326 e. The Morgan fingerprint density at radius 1 is 1.23 bits per heavy atom. The average molecular weight is 309 g/mol. The first-order chi connectivity index (χ1) is 10.5. The smallest absolute Gasteiger partial charge is 0.326 e. The molecule has 22 heavy (non-hydrogen) atoms. The van der Waals surface area contributed by atoms with Gasteiger partial charge in [0.1, 0.15) is 25.0 Å². The molecule has 0 aliphatic rings. The van der Waals surface area contributed by atoms with Crippen LogP contribution in [-0.4, -0.2) is 42.8 Å². The summed E-state index contributed by atoms with van der Waals surface area (Å²) in [6, 6.07) is 8.40. The fraction of sp³-hybridized carbons (Fsp3) is 0.500. The standard InChI is InChI=1S/C16H23NO5/c1-3-12(2)15(16(19)20)17-14(18)11-21-9-10-22-13-7-5-4-6-8-13/h4-8,12,15H,3,9-11H2,1-2H3,(H,17,18)(H,19,20). The zero-order valence-electron chi connectivity index (χ0n) is 13.0. The van der Waals surface area contributed by atoms with Gasteiger partial charge in [0.15, 0.2) is 0 Å². The highest BCUT2D eigenvalue weighted by Gasteiger charge is 2.25. The summed E-state index contributed by atoms with van der Waals surface area (Å²) < 4.78 is 10.6. The van der Waals surface area contributed by atoms with Crippen LogP contribution >= 0.6 is 0 Å². The molecule has 0 bridgehead atoms. The summed E-state index contributed by atoms with van der Waals surface area (Å²) in [5.41, 5.74) is 0. The normalized spacial score (nSPS) is 13.2. The summed E-state index contributed by atoms with van der Waals surface area (Å²) in [7, 11) is 0. The number of hydrogen-bond donors (Lipinski definition) is 2. The third-order valence-electron chi connectivity index (χ3n) is 3.27. The van der Waals surface area contributed by atoms with Gasteiger partial charge in [-0.05, 0) is 18.1 Å². The summed E-state index contributed by atoms with van der Waals surface area (Å²) >= 11 is 0. The van der Waals surface area contributed by atoms with E-state index in [9.17, 15) is 9.59 Å². The number of carboxylic acid groups (broad SMARTS) is 1. The van der Waals surface area contributed by atoms with Gasteiger partial charge in [-0.3, -0.25) is 4.79 Å². The maximum atomic E-state index is 11.7. The van der Waals surface area contributed by atoms with Gasteiger partial charge in [0.2, 0.25) is 5.91 Å². The highest BCUT2D eigenvalue weighted by atomic mass is 16.5. The first kappa shape index (κ1) is 18.0. The van der Waals surface area contributed by atoms with Crippen LogP contribution in [0.4, 0.5) is 0 Å². The van der Waals surface area contributed by atoms with Crippen molar-refractivity contribution in [1.29, 1.82) is 0 Å². The van der Waals surface area contributed by atoms with Crippen molar-refractivity contribution in [3.8, 4) is 5.75 Å². The number of amides is 1. The lowest BCUT2D eigenvalue weighted by Gasteiger charge is -2.20. The summed E-state index contributed by atoms with van der Waals surface area (Å²) in [6.07, 6.45) is 0.670. The molecule has 6 nitrogen and oxygen atoms in total. The summed E-state index contributed by atoms with van der Waals surface area (Å²) in [4.78, 5) is 22.8. The Morgan fingerprint density at radius 3 is 2.50 bits per heavy atom. The lowest BCUT2D eigenvalue weighted by molar-refractivity contribution is -0.144. The van der Waals surface area contributed by atoms with Gasteiger partial charge in [-0.1, -0.05) is 38.5 Å². The van der Waals surface area contributed by atoms with Gasteiger partial charge in [-0.2, -0.15) is 0 Å². The largest absolute Gasteiger partial charge is 0.491 e. The van der Waals surface area contributed by atoms with Gasteiger partial charge in [0, 0.05) is 0 Å². The molecular formula is C16H23NO5. The molecule has 0 aliphatic heterocycles. The molecule has 1 rings (SSSR count). The highest BCUT2D eigenvalue weighted by Crippen LogP contribution is 2.08. The molecule has 0 fully saturated rings. The number of aliphatic carboxylic acids is 1. The van der Waals surface area contributed by atoms with E-state index in [2.05, 4.69) is 5.32 Å². The second-order valence-corrected chi connectivity index (χ2v) is 4.98. The van der Waals surface area contributed by atoms with Crippen LogP contribution in [0.2, 0.25) is 0 Å². The van der Waals surface area contributed by atoms with Crippen molar-refractivity contribution in [2.24, 2.45) is 5.92 Å². The van der Waals surface area contributed by atoms with Crippen molar-refractivity contribution >= 4 is 11.9 Å². The van der Waals surface area contributed by atoms with E-state index < -0.39 is 17.9 Å². The molecule has 0 aromatic heterocycles. The molecule has 0 saturated heterocycles. The number of nitrogens with one attached hydrogen (secondary N) is 1. The van der Waals surface area contributed by atoms with Crippen LogP contribution in [0.3, 0.4) is 0 Å². The Morgan fingerprint density at radius 2 is 1.91 bits per heavy atom. The summed E-state index contributed by atoms with van der Waals surface area (Å²) in [6.45, 7) is 4.06. The summed E-state index contributed by atoms with van der Waals surface area (Å²) in [5, 5.41) is 11.6. The number of para-hydroxylation sites is 1. The van der Waals surface area contributed by atoms with Gasteiger partial charge in [0.25, 0.3) is 0 Å². The van der Waals surface area contributed by atoms with E-state index >= 15 is 0 Å². The molecule has 2 N–H and O–H groups in total. The van der Waals surface area contributed by atoms with Crippen LogP contribution < -0.4 is 10.1 Å². The van der Waals surface area contributed by atoms with Crippen molar-refractivity contribution in [2.75, 3.05) is 19.8 Å². The van der Waals surface area contributed by atoms with Crippen molar-refractivity contribution in [1.82, 2.24) is 5.32 Å². The van der Waals surface area contributed by atoms with Gasteiger partial charge < -0.3 is 19.9 Å². The van der Waals surface area contributed by atoms with Gasteiger partial charge in [0.05, 0.1) is 6.61 Å². The maximum absolute atomic E-state index is 11.7. The molecule has 2 atom stereocenters. The first-order valence-corrected chi connectivity index (χ1v) is 7.32. The van der Waals surface area contributed by atoms with E-state index in [1.807, 2.05) is 37.3 Å². The van der Waals surface area contributed by atoms with Crippen LogP contribution in [0.5, 0.6) is 5.75 Å². The van der Waals surface area contributed by atoms with E-state index in [1.165, 1.54) is 0 Å². The van der Waals surface area contributed by atoms with E-state index in [-0.39, 0.29) is 19.1 Å². The molecule has 0 spiro atoms. The minimum absolute atomic E-state index is 0.136. The molecular weight excluding hydrogens is 286 g/mol. The predicted molar refractivity (Wildman–Crippen MR) is 81.8 cm³/mol. The quantitative estimate of drug-likeness (QED) is 0.643. The fourth-order valence-electron chi connectivity index (χ4n) is 1.80. The number of carbonyl (C=O) groups excluding carboxylic acids is 1. The average Bonchev–Trinajstić information content (AvgIpc) is 2.52. The topological polar surface area (TPSA) is 84.9 Å². The van der Waals surface area contributed by atoms with Crippen molar-refractivity contribution < 1.29 is 24.2 Å². The monoisotopic (exact) mass is 309 g/mol. The Labute approximate surface area is 130 Å². The van der Waals surface area contributed by atoms with E-state index in [4.69, 9.17) is 14.6 Å². The molecule has 1 amide bonds. The van der Waals surface area contributed by atoms with E-state index in [0.29, 0.717) is 13.0 Å². The predicted octanol–water partition coefficient (Wildman–Crippen LogP) is 1.70. The number of carboxylic acids is 1. The number of ether oxygens (including phenoxy) is 2. The van der Waals surface area contributed by atoms with Crippen LogP contribution in [0, 0.1) is 5.92 Å². The lowest BCUT2D eigenvalue weighted by atomic mass is 9.99. The minimum atomic E-state index is -1.03. The zero-order chi connectivity index (χ0) is 16.4. The van der Waals surface area contributed by atoms with E-state index in [1.54, 1.807) is 6.92 Å². The van der Waals surface area contributed by atoms with Crippen LogP contribution in [0.1, 0.15) is 20.3 Å². The molecule has 0 aliphatic carbocycles. The zero-order valence-corrected chi connectivity index (χ0v) is 13.0. The molecule has 122 valence electrons. The molecule has 6 heteroatoms. The fourth-order valence-corrected chi connectivity index (χ4v) is 1.80. The van der Waals surface area contributed by atoms with Gasteiger partial charge in [-0.25, -0.2) is 4.79 Å². The van der Waals surface area contributed by atoms with Gasteiger partial charge in [-0.15, -0.1) is 0 Å². The van der Waals surface area contributed by atoms with Crippen LogP contribution in [0.25, 0.3) is 0 Å². The van der Waals surface area contributed by atoms with Gasteiger partial charge >= 0.3 is 5.97 Å². The third-order valence-corrected chi connectivity index (χ3v) is 3.27. The molecule has 2 unspecified atom stereocenters. The van der Waals surface area contributed by atoms with Crippen molar-refractivity contribution in [2.45, 2.75) is 26.3 Å².